The maximum Gasteiger partial charge on any atom is 0.168 e. The largest absolute Gasteiger partial charge is 0.347 e. The van der Waals surface area contributed by atoms with Crippen molar-refractivity contribution in [3.05, 3.63) is 0 Å². The van der Waals surface area contributed by atoms with Crippen LogP contribution in [0.1, 0.15) is 70.6 Å². The Morgan fingerprint density at radius 3 is 1.78 bits per heavy atom. The molecule has 0 aromatic carbocycles. The van der Waals surface area contributed by atoms with Crippen LogP contribution in [0.4, 0.5) is 0 Å². The summed E-state index contributed by atoms with van der Waals surface area (Å²) in [6.07, 6.45) is 14.3. The van der Waals surface area contributed by atoms with Crippen LogP contribution in [0.2, 0.25) is 0 Å². The Morgan fingerprint density at radius 2 is 1.33 bits per heavy atom. The fourth-order valence-electron chi connectivity index (χ4n) is 3.11. The minimum Gasteiger partial charge on any atom is -0.347 e. The van der Waals surface area contributed by atoms with Gasteiger partial charge in [0.05, 0.1) is 18.6 Å². The molecule has 2 fully saturated rings. The van der Waals surface area contributed by atoms with Crippen LogP contribution in [0.25, 0.3) is 0 Å². The highest BCUT2D eigenvalue weighted by Gasteiger charge is 2.40. The molecule has 1 atom stereocenters. The van der Waals surface area contributed by atoms with Crippen molar-refractivity contribution in [3.63, 3.8) is 0 Å². The van der Waals surface area contributed by atoms with E-state index in [9.17, 15) is 0 Å². The lowest BCUT2D eigenvalue weighted by Crippen LogP contribution is -2.31. The first-order valence-corrected chi connectivity index (χ1v) is 8.26. The number of alkyl halides is 1. The van der Waals surface area contributed by atoms with E-state index in [0.717, 1.165) is 12.8 Å². The molecule has 0 aromatic rings. The zero-order valence-electron chi connectivity index (χ0n) is 11.5. The topological polar surface area (TPSA) is 18.5 Å². The van der Waals surface area contributed by atoms with Gasteiger partial charge in [-0.1, -0.05) is 44.9 Å². The van der Waals surface area contributed by atoms with Crippen molar-refractivity contribution in [3.8, 4) is 0 Å². The molecule has 2 aliphatic rings. The van der Waals surface area contributed by atoms with E-state index in [-0.39, 0.29) is 11.9 Å². The molecule has 0 N–H and O–H groups in total. The molecule has 2 rings (SSSR count). The maximum absolute atomic E-state index is 6.09. The molecule has 0 amide bonds. The van der Waals surface area contributed by atoms with Crippen molar-refractivity contribution in [1.29, 1.82) is 0 Å². The second-order valence-electron chi connectivity index (χ2n) is 5.80. The number of rotatable bonds is 1. The van der Waals surface area contributed by atoms with Crippen LogP contribution in [-0.2, 0) is 9.47 Å². The number of hydrogen-bond acceptors (Lipinski definition) is 2. The van der Waals surface area contributed by atoms with Crippen LogP contribution in [0.15, 0.2) is 0 Å². The lowest BCUT2D eigenvalue weighted by molar-refractivity contribution is -0.177. The van der Waals surface area contributed by atoms with Crippen LogP contribution >= 0.6 is 11.6 Å². The number of ether oxygens (including phenoxy) is 2. The van der Waals surface area contributed by atoms with Crippen LogP contribution in [-0.4, -0.2) is 24.4 Å². The SMILES string of the molecule is ClC[C@H]1COC2(CCCCCCCCCCC2)O1. The first kappa shape index (κ1) is 14.6. The van der Waals surface area contributed by atoms with E-state index in [4.69, 9.17) is 21.1 Å². The summed E-state index contributed by atoms with van der Waals surface area (Å²) in [4.78, 5) is 0. The van der Waals surface area contributed by atoms with Gasteiger partial charge in [-0.3, -0.25) is 0 Å². The summed E-state index contributed by atoms with van der Waals surface area (Å²) in [6, 6.07) is 0. The third-order valence-corrected chi connectivity index (χ3v) is 4.55. The lowest BCUT2D eigenvalue weighted by atomic mass is 9.97. The number of halogens is 1. The molecular formula is C15H27ClO2. The molecule has 1 saturated heterocycles. The Hall–Kier alpha value is 0.210. The molecule has 3 heteroatoms. The minimum absolute atomic E-state index is 0.111. The molecule has 1 spiro atoms. The standard InChI is InChI=1S/C15H27ClO2/c16-12-14-13-17-15(18-14)10-8-6-4-2-1-3-5-7-9-11-15/h14H,1-13H2/t14-/m0/s1. The first-order valence-electron chi connectivity index (χ1n) is 7.72. The van der Waals surface area contributed by atoms with Gasteiger partial charge in [-0.25, -0.2) is 0 Å². The third-order valence-electron chi connectivity index (χ3n) is 4.20. The Morgan fingerprint density at radius 1 is 0.833 bits per heavy atom. The lowest BCUT2D eigenvalue weighted by Gasteiger charge is -2.28. The molecule has 0 bridgehead atoms. The van der Waals surface area contributed by atoms with Crippen LogP contribution < -0.4 is 0 Å². The average Bonchev–Trinajstić information content (AvgIpc) is 2.78. The third kappa shape index (κ3) is 4.40. The molecule has 0 unspecified atom stereocenters. The van der Waals surface area contributed by atoms with Crippen LogP contribution in [0.5, 0.6) is 0 Å². The summed E-state index contributed by atoms with van der Waals surface area (Å²) >= 11 is 5.88. The highest BCUT2D eigenvalue weighted by molar-refractivity contribution is 6.18. The van der Waals surface area contributed by atoms with Gasteiger partial charge in [0.25, 0.3) is 0 Å². The fourth-order valence-corrected chi connectivity index (χ4v) is 3.26. The smallest absolute Gasteiger partial charge is 0.168 e. The minimum atomic E-state index is -0.293. The predicted molar refractivity (Wildman–Crippen MR) is 75.1 cm³/mol. The van der Waals surface area contributed by atoms with Crippen LogP contribution in [0, 0.1) is 0 Å². The van der Waals surface area contributed by atoms with Crippen molar-refractivity contribution in [2.24, 2.45) is 0 Å². The molecule has 1 aliphatic heterocycles. The number of hydrogen-bond donors (Lipinski definition) is 0. The highest BCUT2D eigenvalue weighted by Crippen LogP contribution is 2.35. The molecule has 106 valence electrons. The maximum atomic E-state index is 6.09. The summed E-state index contributed by atoms with van der Waals surface area (Å²) in [5.74, 6) is 0.264. The monoisotopic (exact) mass is 274 g/mol. The zero-order chi connectivity index (χ0) is 12.7. The second kappa shape index (κ2) is 7.72. The van der Waals surface area contributed by atoms with Crippen molar-refractivity contribution in [2.75, 3.05) is 12.5 Å². The first-order chi connectivity index (χ1) is 8.85. The molecular weight excluding hydrogens is 248 g/mol. The van der Waals surface area contributed by atoms with Gasteiger partial charge in [0.1, 0.15) is 0 Å². The van der Waals surface area contributed by atoms with Gasteiger partial charge in [-0.05, 0) is 12.8 Å². The summed E-state index contributed by atoms with van der Waals surface area (Å²) < 4.78 is 12.1. The molecule has 1 aliphatic carbocycles. The van der Waals surface area contributed by atoms with Crippen molar-refractivity contribution >= 4 is 11.6 Å². The van der Waals surface area contributed by atoms with Crippen molar-refractivity contribution < 1.29 is 9.47 Å². The summed E-state index contributed by atoms with van der Waals surface area (Å²) in [5, 5.41) is 0. The summed E-state index contributed by atoms with van der Waals surface area (Å²) in [5.41, 5.74) is 0. The molecule has 0 radical (unpaired) electrons. The quantitative estimate of drug-likeness (QED) is 0.649. The van der Waals surface area contributed by atoms with Gasteiger partial charge in [0, 0.05) is 12.8 Å². The second-order valence-corrected chi connectivity index (χ2v) is 6.11. The van der Waals surface area contributed by atoms with E-state index in [2.05, 4.69) is 0 Å². The van der Waals surface area contributed by atoms with Gasteiger partial charge in [-0.15, -0.1) is 11.6 Å². The Kier molecular flexibility index (Phi) is 6.26. The van der Waals surface area contributed by atoms with E-state index in [1.807, 2.05) is 0 Å². The van der Waals surface area contributed by atoms with Gasteiger partial charge in [0.15, 0.2) is 5.79 Å². The zero-order valence-corrected chi connectivity index (χ0v) is 12.2. The molecule has 1 heterocycles. The van der Waals surface area contributed by atoms with Gasteiger partial charge >= 0.3 is 0 Å². The predicted octanol–water partition coefficient (Wildman–Crippen LogP) is 4.64. The Labute approximate surface area is 116 Å². The molecule has 1 saturated carbocycles. The molecule has 0 aromatic heterocycles. The van der Waals surface area contributed by atoms with Crippen LogP contribution in [0.3, 0.4) is 0 Å². The van der Waals surface area contributed by atoms with Crippen molar-refractivity contribution in [2.45, 2.75) is 82.5 Å². The Balaban J connectivity index is 1.85. The fraction of sp³-hybridized carbons (Fsp3) is 1.00. The Bertz CT molecular complexity index is 221. The van der Waals surface area contributed by atoms with E-state index >= 15 is 0 Å². The normalized spacial score (nSPS) is 30.8. The van der Waals surface area contributed by atoms with E-state index in [0.29, 0.717) is 12.5 Å². The summed E-state index contributed by atoms with van der Waals surface area (Å²) in [6.45, 7) is 0.684. The van der Waals surface area contributed by atoms with E-state index in [1.54, 1.807) is 0 Å². The molecule has 2 nitrogen and oxygen atoms in total. The van der Waals surface area contributed by atoms with Gasteiger partial charge in [-0.2, -0.15) is 0 Å². The van der Waals surface area contributed by atoms with Gasteiger partial charge < -0.3 is 9.47 Å². The van der Waals surface area contributed by atoms with Gasteiger partial charge in [0.2, 0.25) is 0 Å². The molecule has 18 heavy (non-hydrogen) atoms. The average molecular weight is 275 g/mol. The summed E-state index contributed by atoms with van der Waals surface area (Å²) in [7, 11) is 0. The highest BCUT2D eigenvalue weighted by atomic mass is 35.5. The van der Waals surface area contributed by atoms with Crippen molar-refractivity contribution in [1.82, 2.24) is 0 Å². The van der Waals surface area contributed by atoms with E-state index in [1.165, 1.54) is 57.8 Å². The van der Waals surface area contributed by atoms with E-state index < -0.39 is 0 Å².